The smallest absolute Gasteiger partial charge is 0.254 e. The second-order valence-electron chi connectivity index (χ2n) is 5.42. The SMILES string of the molecule is CNc1cc(C(=O)N2CC=C(c3ccc(F)cc3)CC2)ccn1. The molecule has 2 aromatic rings. The Morgan fingerprint density at radius 1 is 1.26 bits per heavy atom. The van der Waals surface area contributed by atoms with Crippen molar-refractivity contribution in [1.82, 2.24) is 9.88 Å². The van der Waals surface area contributed by atoms with Gasteiger partial charge >= 0.3 is 0 Å². The lowest BCUT2D eigenvalue weighted by Gasteiger charge is -2.27. The Morgan fingerprint density at radius 2 is 2.04 bits per heavy atom. The second-order valence-corrected chi connectivity index (χ2v) is 5.42. The molecule has 0 saturated heterocycles. The third kappa shape index (κ3) is 3.39. The van der Waals surface area contributed by atoms with Crippen LogP contribution in [0.5, 0.6) is 0 Å². The number of carbonyl (C=O) groups excluding carboxylic acids is 1. The molecule has 3 rings (SSSR count). The zero-order valence-corrected chi connectivity index (χ0v) is 12.9. The topological polar surface area (TPSA) is 45.2 Å². The lowest BCUT2D eigenvalue weighted by atomic mass is 9.99. The van der Waals surface area contributed by atoms with Crippen LogP contribution in [0.3, 0.4) is 0 Å². The first-order valence-electron chi connectivity index (χ1n) is 7.55. The van der Waals surface area contributed by atoms with E-state index in [1.54, 1.807) is 37.5 Å². The molecule has 0 spiro atoms. The lowest BCUT2D eigenvalue weighted by Crippen LogP contribution is -2.34. The number of hydrogen-bond donors (Lipinski definition) is 1. The number of pyridine rings is 1. The zero-order valence-electron chi connectivity index (χ0n) is 12.9. The van der Waals surface area contributed by atoms with E-state index in [9.17, 15) is 9.18 Å². The zero-order chi connectivity index (χ0) is 16.2. The van der Waals surface area contributed by atoms with E-state index in [1.807, 2.05) is 11.0 Å². The molecule has 118 valence electrons. The van der Waals surface area contributed by atoms with Gasteiger partial charge in [-0.1, -0.05) is 18.2 Å². The molecule has 0 fully saturated rings. The highest BCUT2D eigenvalue weighted by Gasteiger charge is 2.19. The molecular weight excluding hydrogens is 293 g/mol. The molecule has 0 saturated carbocycles. The van der Waals surface area contributed by atoms with Crippen LogP contribution in [0.15, 0.2) is 48.7 Å². The van der Waals surface area contributed by atoms with Gasteiger partial charge in [-0.15, -0.1) is 0 Å². The van der Waals surface area contributed by atoms with Gasteiger partial charge in [0.05, 0.1) is 0 Å². The molecule has 1 aliphatic heterocycles. The van der Waals surface area contributed by atoms with Gasteiger partial charge in [0, 0.05) is 31.9 Å². The van der Waals surface area contributed by atoms with Crippen molar-refractivity contribution in [3.63, 3.8) is 0 Å². The van der Waals surface area contributed by atoms with Gasteiger partial charge in [-0.05, 0) is 41.8 Å². The summed E-state index contributed by atoms with van der Waals surface area (Å²) in [4.78, 5) is 18.5. The summed E-state index contributed by atoms with van der Waals surface area (Å²) in [6, 6.07) is 9.96. The maximum atomic E-state index is 13.0. The summed E-state index contributed by atoms with van der Waals surface area (Å²) >= 11 is 0. The Bertz CT molecular complexity index is 740. The van der Waals surface area contributed by atoms with Gasteiger partial charge in [0.15, 0.2) is 0 Å². The van der Waals surface area contributed by atoms with Gasteiger partial charge < -0.3 is 10.2 Å². The number of aromatic nitrogens is 1. The Morgan fingerprint density at radius 3 is 2.70 bits per heavy atom. The molecule has 0 bridgehead atoms. The third-order valence-corrected chi connectivity index (χ3v) is 3.97. The van der Waals surface area contributed by atoms with Gasteiger partial charge in [-0.25, -0.2) is 9.37 Å². The van der Waals surface area contributed by atoms with E-state index in [4.69, 9.17) is 0 Å². The van der Waals surface area contributed by atoms with Crippen LogP contribution >= 0.6 is 0 Å². The predicted octanol–water partition coefficient (Wildman–Crippen LogP) is 3.19. The van der Waals surface area contributed by atoms with Crippen LogP contribution in [0, 0.1) is 5.82 Å². The first-order chi connectivity index (χ1) is 11.2. The Balaban J connectivity index is 1.72. The van der Waals surface area contributed by atoms with Crippen LogP contribution in [0.2, 0.25) is 0 Å². The van der Waals surface area contributed by atoms with Crippen molar-refractivity contribution in [1.29, 1.82) is 0 Å². The molecule has 23 heavy (non-hydrogen) atoms. The maximum absolute atomic E-state index is 13.0. The van der Waals surface area contributed by atoms with E-state index in [2.05, 4.69) is 10.3 Å². The summed E-state index contributed by atoms with van der Waals surface area (Å²) in [6.45, 7) is 1.21. The van der Waals surface area contributed by atoms with Crippen molar-refractivity contribution in [2.75, 3.05) is 25.5 Å². The number of rotatable bonds is 3. The summed E-state index contributed by atoms with van der Waals surface area (Å²) < 4.78 is 13.0. The normalized spacial score (nSPS) is 14.3. The van der Waals surface area contributed by atoms with Gasteiger partial charge in [0.2, 0.25) is 0 Å². The van der Waals surface area contributed by atoms with Crippen LogP contribution in [0.4, 0.5) is 10.2 Å². The largest absolute Gasteiger partial charge is 0.373 e. The van der Waals surface area contributed by atoms with E-state index in [-0.39, 0.29) is 11.7 Å². The standard InChI is InChI=1S/C18H18FN3O/c1-20-17-12-15(6-9-21-17)18(23)22-10-7-14(8-11-22)13-2-4-16(19)5-3-13/h2-7,9,12H,8,10-11H2,1H3,(H,20,21). The van der Waals surface area contributed by atoms with Gasteiger partial charge in [0.1, 0.15) is 11.6 Å². The van der Waals surface area contributed by atoms with Crippen LogP contribution in [-0.2, 0) is 0 Å². The summed E-state index contributed by atoms with van der Waals surface area (Å²) in [7, 11) is 1.77. The molecule has 1 aromatic heterocycles. The van der Waals surface area contributed by atoms with E-state index in [1.165, 1.54) is 12.1 Å². The number of nitrogens with one attached hydrogen (secondary N) is 1. The van der Waals surface area contributed by atoms with Gasteiger partial charge in [-0.3, -0.25) is 4.79 Å². The number of amides is 1. The Labute approximate surface area is 134 Å². The summed E-state index contributed by atoms with van der Waals surface area (Å²) in [6.07, 6.45) is 4.43. The fourth-order valence-corrected chi connectivity index (χ4v) is 2.66. The van der Waals surface area contributed by atoms with E-state index in [0.29, 0.717) is 24.5 Å². The summed E-state index contributed by atoms with van der Waals surface area (Å²) in [5, 5.41) is 2.93. The molecule has 1 aliphatic rings. The molecule has 4 nitrogen and oxygen atoms in total. The highest BCUT2D eigenvalue weighted by atomic mass is 19.1. The van der Waals surface area contributed by atoms with Crippen LogP contribution in [-0.4, -0.2) is 35.9 Å². The molecule has 2 heterocycles. The number of anilines is 1. The number of nitrogens with zero attached hydrogens (tertiary/aromatic N) is 2. The Kier molecular flexibility index (Phi) is 4.37. The van der Waals surface area contributed by atoms with E-state index >= 15 is 0 Å². The third-order valence-electron chi connectivity index (χ3n) is 3.97. The molecule has 1 N–H and O–H groups in total. The maximum Gasteiger partial charge on any atom is 0.254 e. The minimum atomic E-state index is -0.236. The highest BCUT2D eigenvalue weighted by Crippen LogP contribution is 2.23. The van der Waals surface area contributed by atoms with Gasteiger partial charge in [0.25, 0.3) is 5.91 Å². The first-order valence-corrected chi connectivity index (χ1v) is 7.55. The fraction of sp³-hybridized carbons (Fsp3) is 0.222. The molecule has 1 amide bonds. The van der Waals surface area contributed by atoms with E-state index in [0.717, 1.165) is 17.6 Å². The minimum Gasteiger partial charge on any atom is -0.373 e. The average molecular weight is 311 g/mol. The van der Waals surface area contributed by atoms with Gasteiger partial charge in [-0.2, -0.15) is 0 Å². The van der Waals surface area contributed by atoms with Crippen molar-refractivity contribution >= 4 is 17.3 Å². The summed E-state index contributed by atoms with van der Waals surface area (Å²) in [5.74, 6) is 0.439. The summed E-state index contributed by atoms with van der Waals surface area (Å²) in [5.41, 5.74) is 2.79. The van der Waals surface area contributed by atoms with Crippen molar-refractivity contribution in [2.45, 2.75) is 6.42 Å². The van der Waals surface area contributed by atoms with E-state index < -0.39 is 0 Å². The number of benzene rings is 1. The van der Waals surface area contributed by atoms with Crippen LogP contribution in [0.25, 0.3) is 5.57 Å². The average Bonchev–Trinajstić information content (AvgIpc) is 2.62. The lowest BCUT2D eigenvalue weighted by molar-refractivity contribution is 0.0773. The fourth-order valence-electron chi connectivity index (χ4n) is 2.66. The molecule has 0 atom stereocenters. The van der Waals surface area contributed by atoms with Crippen LogP contribution in [0.1, 0.15) is 22.3 Å². The van der Waals surface area contributed by atoms with Crippen molar-refractivity contribution in [2.24, 2.45) is 0 Å². The highest BCUT2D eigenvalue weighted by molar-refractivity contribution is 5.95. The second kappa shape index (κ2) is 6.60. The molecule has 5 heteroatoms. The van der Waals surface area contributed by atoms with Crippen LogP contribution < -0.4 is 5.32 Å². The quantitative estimate of drug-likeness (QED) is 0.947. The van der Waals surface area contributed by atoms with Crippen molar-refractivity contribution < 1.29 is 9.18 Å². The monoisotopic (exact) mass is 311 g/mol. The number of halogens is 1. The Hall–Kier alpha value is -2.69. The molecule has 1 aromatic carbocycles. The minimum absolute atomic E-state index is 0.00157. The van der Waals surface area contributed by atoms with Crippen molar-refractivity contribution in [3.05, 3.63) is 65.6 Å². The van der Waals surface area contributed by atoms with Crippen molar-refractivity contribution in [3.8, 4) is 0 Å². The molecule has 0 aliphatic carbocycles. The first kappa shape index (κ1) is 15.2. The molecule has 0 unspecified atom stereocenters. The molecular formula is C18H18FN3O. The predicted molar refractivity (Wildman–Crippen MR) is 88.7 cm³/mol. The number of carbonyl (C=O) groups is 1. The number of hydrogen-bond acceptors (Lipinski definition) is 3. The molecule has 0 radical (unpaired) electrons.